The maximum absolute atomic E-state index is 10.2. The molecule has 0 unspecified atom stereocenters. The number of aliphatic hydroxyl groups is 5. The summed E-state index contributed by atoms with van der Waals surface area (Å²) in [4.78, 5) is 36.6. The molecule has 0 rings (SSSR count). The van der Waals surface area contributed by atoms with Crippen molar-refractivity contribution < 1.29 is 63.6 Å². The first-order valence-corrected chi connectivity index (χ1v) is 9.09. The van der Waals surface area contributed by atoms with Gasteiger partial charge in [-0.2, -0.15) is 0 Å². The molecule has 0 aliphatic rings. The van der Waals surface area contributed by atoms with Gasteiger partial charge in [-0.25, -0.2) is 4.57 Å². The number of phosphoric ester groups is 1. The minimum absolute atomic E-state index is 0.0650. The van der Waals surface area contributed by atoms with E-state index in [4.69, 9.17) is 35.3 Å². The molecule has 0 amide bonds. The minimum atomic E-state index is -4.80. The molecule has 0 aromatic carbocycles. The van der Waals surface area contributed by atoms with Crippen molar-refractivity contribution >= 4 is 20.1 Å². The van der Waals surface area contributed by atoms with Crippen molar-refractivity contribution in [2.45, 2.75) is 36.9 Å². The number of aliphatic carboxylic acids is 1. The fraction of sp³-hybridized carbons (Fsp3) is 0.846. The summed E-state index contributed by atoms with van der Waals surface area (Å²) in [5.74, 6) is -1.20. The number of hydrogen-bond donors (Lipinski definition) is 7. The minimum Gasteiger partial charge on any atom is -0.550 e. The Balaban J connectivity index is 0. The number of carboxylic acid groups (broad SMARTS) is 1. The first-order valence-electron chi connectivity index (χ1n) is 7.56. The van der Waals surface area contributed by atoms with Crippen molar-refractivity contribution in [3.05, 3.63) is 0 Å². The number of likely N-dealkylation sites (N-methyl/N-ethyl adjacent to an activating group) is 1. The lowest BCUT2D eigenvalue weighted by atomic mass is 10.0. The fourth-order valence-corrected chi connectivity index (χ4v) is 2.02. The van der Waals surface area contributed by atoms with E-state index >= 15 is 0 Å². The normalized spacial score (nSPS) is 17.7. The van der Waals surface area contributed by atoms with E-state index in [2.05, 4.69) is 4.52 Å². The molecular formula is C13H28NO12P. The number of aliphatic hydroxyl groups excluding tert-OH is 5. The van der Waals surface area contributed by atoms with Crippen LogP contribution in [-0.2, 0) is 18.7 Å². The molecule has 0 aromatic heterocycles. The molecule has 7 N–H and O–H groups in total. The largest absolute Gasteiger partial charge is 0.550 e. The Labute approximate surface area is 155 Å². The standard InChI is InChI=1S/C7H15NO3.C6H13O9P/c1-8(2,3)5-6(9)4-7(10)11;7-1-3(8)5(10)6(11)4(9)2-15-16(12,13)14/h6,9H,4-5H2,1-3H3;1,3-6,8-11H,2H2,(H2,12,13,14)/t6-;3-,4+,5+,6+/m10/s1. The number of carbonyl (C=O) groups is 2. The third-order valence-electron chi connectivity index (χ3n) is 2.81. The third kappa shape index (κ3) is 16.9. The molecule has 0 fully saturated rings. The summed E-state index contributed by atoms with van der Waals surface area (Å²) >= 11 is 0. The summed E-state index contributed by atoms with van der Waals surface area (Å²) in [5, 5.41) is 55.2. The topological polar surface area (TPSA) is 225 Å². The number of carboxylic acids is 1. The van der Waals surface area contributed by atoms with Gasteiger partial charge >= 0.3 is 7.82 Å². The van der Waals surface area contributed by atoms with Gasteiger partial charge < -0.3 is 54.5 Å². The molecule has 5 atom stereocenters. The molecule has 27 heavy (non-hydrogen) atoms. The zero-order valence-electron chi connectivity index (χ0n) is 15.2. The Hall–Kier alpha value is -0.990. The first kappa shape index (κ1) is 28.2. The van der Waals surface area contributed by atoms with Gasteiger partial charge in [0.25, 0.3) is 0 Å². The Morgan fingerprint density at radius 1 is 1.11 bits per heavy atom. The Bertz CT molecular complexity index is 490. The monoisotopic (exact) mass is 421 g/mol. The number of rotatable bonds is 11. The number of quaternary nitrogens is 1. The summed E-state index contributed by atoms with van der Waals surface area (Å²) in [6.07, 6.45) is -8.89. The summed E-state index contributed by atoms with van der Waals surface area (Å²) in [5.41, 5.74) is 0. The highest BCUT2D eigenvalue weighted by Crippen LogP contribution is 2.35. The Kier molecular flexibility index (Phi) is 13.0. The molecule has 0 aliphatic carbocycles. The highest BCUT2D eigenvalue weighted by atomic mass is 31.2. The predicted octanol–water partition coefficient (Wildman–Crippen LogP) is -5.07. The van der Waals surface area contributed by atoms with Crippen LogP contribution in [0.15, 0.2) is 0 Å². The lowest BCUT2D eigenvalue weighted by Crippen LogP contribution is -2.46. The first-order chi connectivity index (χ1) is 12.0. The number of hydrogen-bond acceptors (Lipinski definition) is 10. The molecule has 0 bridgehead atoms. The van der Waals surface area contributed by atoms with Crippen LogP contribution in [0.2, 0.25) is 0 Å². The highest BCUT2D eigenvalue weighted by molar-refractivity contribution is 7.46. The van der Waals surface area contributed by atoms with Crippen LogP contribution in [0.5, 0.6) is 0 Å². The molecular weight excluding hydrogens is 393 g/mol. The number of nitrogens with zero attached hydrogens (tertiary/aromatic N) is 1. The van der Waals surface area contributed by atoms with E-state index in [0.717, 1.165) is 0 Å². The van der Waals surface area contributed by atoms with Gasteiger partial charge in [-0.3, -0.25) is 4.52 Å². The van der Waals surface area contributed by atoms with Crippen molar-refractivity contribution in [1.82, 2.24) is 0 Å². The van der Waals surface area contributed by atoms with Gasteiger partial charge in [0.15, 0.2) is 6.29 Å². The van der Waals surface area contributed by atoms with Crippen molar-refractivity contribution in [1.29, 1.82) is 0 Å². The smallest absolute Gasteiger partial charge is 0.469 e. The summed E-state index contributed by atoms with van der Waals surface area (Å²) < 4.78 is 14.6. The van der Waals surface area contributed by atoms with Crippen molar-refractivity contribution in [2.75, 3.05) is 34.3 Å². The van der Waals surface area contributed by atoms with Crippen LogP contribution in [0.4, 0.5) is 0 Å². The van der Waals surface area contributed by atoms with Gasteiger partial charge in [-0.15, -0.1) is 0 Å². The van der Waals surface area contributed by atoms with Crippen LogP contribution in [0, 0.1) is 0 Å². The molecule has 14 heteroatoms. The van der Waals surface area contributed by atoms with E-state index in [9.17, 15) is 19.3 Å². The van der Waals surface area contributed by atoms with Crippen molar-refractivity contribution in [2.24, 2.45) is 0 Å². The fourth-order valence-electron chi connectivity index (χ4n) is 1.67. The lowest BCUT2D eigenvalue weighted by Gasteiger charge is -2.26. The van der Waals surface area contributed by atoms with Crippen molar-refractivity contribution in [3.63, 3.8) is 0 Å². The maximum Gasteiger partial charge on any atom is 0.469 e. The molecule has 0 saturated heterocycles. The zero-order chi connectivity index (χ0) is 22.0. The van der Waals surface area contributed by atoms with Crippen LogP contribution < -0.4 is 5.11 Å². The lowest BCUT2D eigenvalue weighted by molar-refractivity contribution is -0.873. The average Bonchev–Trinajstić information content (AvgIpc) is 2.47. The summed E-state index contributed by atoms with van der Waals surface area (Å²) in [7, 11) is 0.857. The van der Waals surface area contributed by atoms with E-state index in [0.29, 0.717) is 11.0 Å². The van der Waals surface area contributed by atoms with E-state index in [1.54, 1.807) is 0 Å². The van der Waals surface area contributed by atoms with Crippen molar-refractivity contribution in [3.8, 4) is 0 Å². The molecule has 0 radical (unpaired) electrons. The molecule has 0 heterocycles. The van der Waals surface area contributed by atoms with Crippen LogP contribution >= 0.6 is 7.82 Å². The Morgan fingerprint density at radius 2 is 1.59 bits per heavy atom. The molecule has 0 aliphatic heterocycles. The molecule has 0 spiro atoms. The van der Waals surface area contributed by atoms with E-state index < -0.39 is 50.9 Å². The predicted molar refractivity (Wildman–Crippen MR) is 86.6 cm³/mol. The van der Waals surface area contributed by atoms with Gasteiger partial charge in [-0.1, -0.05) is 0 Å². The van der Waals surface area contributed by atoms with E-state index in [1.165, 1.54) is 0 Å². The molecule has 13 nitrogen and oxygen atoms in total. The quantitative estimate of drug-likeness (QED) is 0.0945. The van der Waals surface area contributed by atoms with Gasteiger partial charge in [0, 0.05) is 12.4 Å². The maximum atomic E-state index is 10.2. The SMILES string of the molecule is C[N+](C)(C)C[C@H](O)CC(=O)[O-].O=C[C@H](O)[C@@H](O)[C@H](O)[C@H](O)COP(=O)(O)O. The zero-order valence-corrected chi connectivity index (χ0v) is 16.0. The van der Waals surface area contributed by atoms with Gasteiger partial charge in [-0.05, 0) is 0 Å². The van der Waals surface area contributed by atoms with Crippen LogP contribution in [0.3, 0.4) is 0 Å². The van der Waals surface area contributed by atoms with Gasteiger partial charge in [0.2, 0.25) is 0 Å². The second kappa shape index (κ2) is 12.5. The van der Waals surface area contributed by atoms with Crippen LogP contribution in [0.25, 0.3) is 0 Å². The Morgan fingerprint density at radius 3 is 1.93 bits per heavy atom. The van der Waals surface area contributed by atoms with Gasteiger partial charge in [0.1, 0.15) is 37.1 Å². The average molecular weight is 421 g/mol. The number of aldehydes is 1. The van der Waals surface area contributed by atoms with Gasteiger partial charge in [0.05, 0.1) is 27.7 Å². The third-order valence-corrected chi connectivity index (χ3v) is 3.29. The molecule has 162 valence electrons. The molecule has 0 saturated carbocycles. The second-order valence-corrected chi connectivity index (χ2v) is 7.90. The number of phosphoric acid groups is 1. The second-order valence-electron chi connectivity index (χ2n) is 6.66. The van der Waals surface area contributed by atoms with Crippen LogP contribution in [0.1, 0.15) is 6.42 Å². The molecule has 0 aromatic rings. The highest BCUT2D eigenvalue weighted by Gasteiger charge is 2.31. The van der Waals surface area contributed by atoms with Crippen LogP contribution in [-0.4, -0.2) is 117 Å². The summed E-state index contributed by atoms with van der Waals surface area (Å²) in [6, 6.07) is 0. The van der Waals surface area contributed by atoms with E-state index in [-0.39, 0.29) is 12.7 Å². The summed E-state index contributed by atoms with van der Waals surface area (Å²) in [6.45, 7) is -0.540. The van der Waals surface area contributed by atoms with E-state index in [1.807, 2.05) is 21.1 Å². The number of carbonyl (C=O) groups excluding carboxylic acids is 2.